The number of hydrogen-bond donors (Lipinski definition) is 2. The summed E-state index contributed by atoms with van der Waals surface area (Å²) < 4.78 is 4.88. The molecular weight excluding hydrogens is 316 g/mol. The average Bonchev–Trinajstić information content (AvgIpc) is 2.55. The molecule has 0 aliphatic rings. The maximum absolute atomic E-state index is 12.3. The highest BCUT2D eigenvalue weighted by Gasteiger charge is 2.19. The van der Waals surface area contributed by atoms with Gasteiger partial charge in [0.2, 0.25) is 0 Å². The lowest BCUT2D eigenvalue weighted by molar-refractivity contribution is -0.385. The van der Waals surface area contributed by atoms with Crippen LogP contribution in [0.4, 0.5) is 11.4 Å². The smallest absolute Gasteiger partial charge is 0.336 e. The van der Waals surface area contributed by atoms with Gasteiger partial charge in [-0.3, -0.25) is 14.9 Å². The number of carbonyl (C=O) groups excluding carboxylic acids is 1. The summed E-state index contributed by atoms with van der Waals surface area (Å²) in [7, 11) is 1.29. The lowest BCUT2D eigenvalue weighted by Gasteiger charge is -2.11. The van der Waals surface area contributed by atoms with Gasteiger partial charge in [-0.1, -0.05) is 6.07 Å². The van der Waals surface area contributed by atoms with Crippen molar-refractivity contribution in [3.63, 3.8) is 0 Å². The normalized spacial score (nSPS) is 10.1. The van der Waals surface area contributed by atoms with Crippen LogP contribution in [-0.2, 0) is 0 Å². The molecule has 0 aromatic heterocycles. The number of ether oxygens (including phenoxy) is 1. The van der Waals surface area contributed by atoms with Crippen molar-refractivity contribution in [2.24, 2.45) is 0 Å². The molecule has 0 spiro atoms. The molecular formula is C16H14N2O6. The molecule has 0 aliphatic carbocycles. The van der Waals surface area contributed by atoms with Crippen molar-refractivity contribution in [1.29, 1.82) is 0 Å². The Balaban J connectivity index is 2.34. The van der Waals surface area contributed by atoms with Gasteiger partial charge in [-0.05, 0) is 36.8 Å². The van der Waals surface area contributed by atoms with Crippen LogP contribution < -0.4 is 10.1 Å². The lowest BCUT2D eigenvalue weighted by atomic mass is 10.1. The predicted octanol–water partition coefficient (Wildman–Crippen LogP) is 2.86. The van der Waals surface area contributed by atoms with Crippen molar-refractivity contribution in [1.82, 2.24) is 0 Å². The fraction of sp³-hybridized carbons (Fsp3) is 0.125. The van der Waals surface area contributed by atoms with E-state index in [0.29, 0.717) is 11.3 Å². The molecule has 24 heavy (non-hydrogen) atoms. The van der Waals surface area contributed by atoms with Gasteiger partial charge < -0.3 is 15.2 Å². The second kappa shape index (κ2) is 6.78. The first kappa shape index (κ1) is 16.9. The number of nitrogens with zero attached hydrogens (tertiary/aromatic N) is 1. The molecule has 8 nitrogen and oxygen atoms in total. The fourth-order valence-corrected chi connectivity index (χ4v) is 2.17. The van der Waals surface area contributed by atoms with E-state index in [-0.39, 0.29) is 22.6 Å². The molecule has 2 rings (SSSR count). The van der Waals surface area contributed by atoms with E-state index in [1.807, 2.05) is 0 Å². The number of nitro benzene ring substituents is 1. The molecule has 2 N–H and O–H groups in total. The maximum atomic E-state index is 12.3. The van der Waals surface area contributed by atoms with Crippen LogP contribution in [0.5, 0.6) is 5.75 Å². The molecule has 2 aromatic rings. The molecule has 1 amide bonds. The summed E-state index contributed by atoms with van der Waals surface area (Å²) in [5.41, 5.74) is 0.497. The zero-order valence-corrected chi connectivity index (χ0v) is 12.9. The fourth-order valence-electron chi connectivity index (χ4n) is 2.17. The molecule has 0 fully saturated rings. The zero-order valence-electron chi connectivity index (χ0n) is 12.9. The monoisotopic (exact) mass is 330 g/mol. The Bertz CT molecular complexity index is 831. The molecule has 0 atom stereocenters. The predicted molar refractivity (Wildman–Crippen MR) is 85.7 cm³/mol. The Morgan fingerprint density at radius 2 is 1.96 bits per heavy atom. The van der Waals surface area contributed by atoms with Crippen LogP contribution in [0, 0.1) is 17.0 Å². The molecule has 2 aromatic carbocycles. The van der Waals surface area contributed by atoms with Gasteiger partial charge in [0, 0.05) is 17.3 Å². The number of carboxylic acids is 1. The maximum Gasteiger partial charge on any atom is 0.336 e. The van der Waals surface area contributed by atoms with Crippen LogP contribution in [0.1, 0.15) is 26.3 Å². The highest BCUT2D eigenvalue weighted by Crippen LogP contribution is 2.28. The highest BCUT2D eigenvalue weighted by molar-refractivity contribution is 6.06. The third-order valence-corrected chi connectivity index (χ3v) is 3.45. The van der Waals surface area contributed by atoms with E-state index in [1.54, 1.807) is 13.0 Å². The van der Waals surface area contributed by atoms with E-state index in [9.17, 15) is 19.7 Å². The SMILES string of the molecule is COc1ccc(C(=O)Nc2cccc(C(=O)O)c2C)cc1[N+](=O)[O-]. The highest BCUT2D eigenvalue weighted by atomic mass is 16.6. The summed E-state index contributed by atoms with van der Waals surface area (Å²) in [6, 6.07) is 8.29. The topological polar surface area (TPSA) is 119 Å². The second-order valence-electron chi connectivity index (χ2n) is 4.88. The minimum atomic E-state index is -1.11. The van der Waals surface area contributed by atoms with Crippen LogP contribution in [0.3, 0.4) is 0 Å². The molecule has 0 bridgehead atoms. The van der Waals surface area contributed by atoms with E-state index in [1.165, 1.54) is 31.4 Å². The molecule has 8 heteroatoms. The largest absolute Gasteiger partial charge is 0.490 e. The number of rotatable bonds is 5. The van der Waals surface area contributed by atoms with Gasteiger partial charge >= 0.3 is 11.7 Å². The number of methoxy groups -OCH3 is 1. The van der Waals surface area contributed by atoms with Crippen molar-refractivity contribution in [3.05, 3.63) is 63.2 Å². The number of amides is 1. The van der Waals surface area contributed by atoms with Crippen molar-refractivity contribution >= 4 is 23.3 Å². The molecule has 0 radical (unpaired) electrons. The van der Waals surface area contributed by atoms with Gasteiger partial charge in [0.25, 0.3) is 5.91 Å². The number of nitro groups is 1. The summed E-state index contributed by atoms with van der Waals surface area (Å²) >= 11 is 0. The van der Waals surface area contributed by atoms with Gasteiger partial charge in [0.1, 0.15) is 0 Å². The molecule has 0 unspecified atom stereocenters. The number of carboxylic acid groups (broad SMARTS) is 1. The number of hydrogen-bond acceptors (Lipinski definition) is 5. The van der Waals surface area contributed by atoms with Crippen molar-refractivity contribution in [2.45, 2.75) is 6.92 Å². The molecule has 0 heterocycles. The van der Waals surface area contributed by atoms with Gasteiger partial charge in [0.05, 0.1) is 17.6 Å². The second-order valence-corrected chi connectivity index (χ2v) is 4.88. The van der Waals surface area contributed by atoms with Crippen LogP contribution in [0.25, 0.3) is 0 Å². The number of carbonyl (C=O) groups is 2. The minimum Gasteiger partial charge on any atom is -0.490 e. The third kappa shape index (κ3) is 3.32. The zero-order chi connectivity index (χ0) is 17.9. The van der Waals surface area contributed by atoms with E-state index >= 15 is 0 Å². The first-order chi connectivity index (χ1) is 11.3. The first-order valence-electron chi connectivity index (χ1n) is 6.82. The number of benzene rings is 2. The number of aromatic carboxylic acids is 1. The molecule has 0 saturated carbocycles. The van der Waals surface area contributed by atoms with Crippen LogP contribution in [0.15, 0.2) is 36.4 Å². The van der Waals surface area contributed by atoms with Crippen LogP contribution in [-0.4, -0.2) is 29.0 Å². The Hall–Kier alpha value is -3.42. The number of nitrogens with one attached hydrogen (secondary N) is 1. The molecule has 0 saturated heterocycles. The summed E-state index contributed by atoms with van der Waals surface area (Å²) in [4.78, 5) is 33.8. The van der Waals surface area contributed by atoms with Crippen LogP contribution >= 0.6 is 0 Å². The van der Waals surface area contributed by atoms with Gasteiger partial charge in [0.15, 0.2) is 5.75 Å². The average molecular weight is 330 g/mol. The summed E-state index contributed by atoms with van der Waals surface area (Å²) in [5, 5.41) is 22.7. The first-order valence-corrected chi connectivity index (χ1v) is 6.82. The summed E-state index contributed by atoms with van der Waals surface area (Å²) in [6.45, 7) is 1.57. The van der Waals surface area contributed by atoms with E-state index in [2.05, 4.69) is 5.32 Å². The minimum absolute atomic E-state index is 0.0422. The Morgan fingerprint density at radius 1 is 1.25 bits per heavy atom. The van der Waals surface area contributed by atoms with Gasteiger partial charge in [-0.25, -0.2) is 4.79 Å². The number of anilines is 1. The Kier molecular flexibility index (Phi) is 4.78. The van der Waals surface area contributed by atoms with E-state index < -0.39 is 16.8 Å². The van der Waals surface area contributed by atoms with Gasteiger partial charge in [-0.15, -0.1) is 0 Å². The van der Waals surface area contributed by atoms with E-state index in [0.717, 1.165) is 6.07 Å². The summed E-state index contributed by atoms with van der Waals surface area (Å²) in [5.74, 6) is -1.66. The van der Waals surface area contributed by atoms with Crippen molar-refractivity contribution in [2.75, 3.05) is 12.4 Å². The van der Waals surface area contributed by atoms with Crippen molar-refractivity contribution < 1.29 is 24.4 Å². The quantitative estimate of drug-likeness (QED) is 0.642. The summed E-state index contributed by atoms with van der Waals surface area (Å²) in [6.07, 6.45) is 0. The lowest BCUT2D eigenvalue weighted by Crippen LogP contribution is -2.14. The molecule has 124 valence electrons. The van der Waals surface area contributed by atoms with Crippen LogP contribution in [0.2, 0.25) is 0 Å². The molecule has 0 aliphatic heterocycles. The van der Waals surface area contributed by atoms with Crippen molar-refractivity contribution in [3.8, 4) is 5.75 Å². The Labute approximate surface area is 136 Å². The Morgan fingerprint density at radius 3 is 2.54 bits per heavy atom. The van der Waals surface area contributed by atoms with E-state index in [4.69, 9.17) is 9.84 Å². The van der Waals surface area contributed by atoms with Gasteiger partial charge in [-0.2, -0.15) is 0 Å². The standard InChI is InChI=1S/C16H14N2O6/c1-9-11(16(20)21)4-3-5-12(9)17-15(19)10-6-7-14(24-2)13(8-10)18(22)23/h3-8H,1-2H3,(H,17,19)(H,20,21). The third-order valence-electron chi connectivity index (χ3n) is 3.45.